The summed E-state index contributed by atoms with van der Waals surface area (Å²) in [7, 11) is 3.52. The number of fused-ring (bicyclic) bond motifs is 1. The first-order valence-electron chi connectivity index (χ1n) is 7.81. The van der Waals surface area contributed by atoms with E-state index >= 15 is 0 Å². The normalized spacial score (nSPS) is 18.7. The van der Waals surface area contributed by atoms with E-state index in [1.165, 1.54) is 9.13 Å². The van der Waals surface area contributed by atoms with E-state index in [0.29, 0.717) is 17.7 Å². The molecule has 1 atom stereocenters. The molecule has 1 aliphatic heterocycles. The molecule has 2 aromatic rings. The van der Waals surface area contributed by atoms with Crippen molar-refractivity contribution in [1.82, 2.24) is 24.0 Å². The summed E-state index contributed by atoms with van der Waals surface area (Å²) in [6.45, 7) is 5.43. The average molecular weight is 305 g/mol. The van der Waals surface area contributed by atoms with Crippen molar-refractivity contribution in [3.05, 3.63) is 26.7 Å². The molecule has 22 heavy (non-hydrogen) atoms. The summed E-state index contributed by atoms with van der Waals surface area (Å²) in [6.07, 6.45) is 2.08. The number of aryl methyl sites for hydroxylation is 2. The standard InChI is InChI=1S/C15H23N5O2/c1-9(2)12-17-13-11(18(12)3)14(21)20(15(22)19(13)4)8-10-6-5-7-16-10/h9-10,16H,5-8H2,1-4H3. The molecule has 0 aromatic carbocycles. The van der Waals surface area contributed by atoms with Gasteiger partial charge >= 0.3 is 5.69 Å². The zero-order valence-corrected chi connectivity index (χ0v) is 13.6. The van der Waals surface area contributed by atoms with Gasteiger partial charge in [0.2, 0.25) is 0 Å². The maximum atomic E-state index is 12.8. The molecule has 0 radical (unpaired) electrons. The van der Waals surface area contributed by atoms with Crippen molar-refractivity contribution >= 4 is 11.2 Å². The molecular formula is C15H23N5O2. The molecule has 3 rings (SSSR count). The van der Waals surface area contributed by atoms with E-state index in [1.807, 2.05) is 25.5 Å². The third-order valence-electron chi connectivity index (χ3n) is 4.48. The van der Waals surface area contributed by atoms with Crippen LogP contribution in [0, 0.1) is 0 Å². The lowest BCUT2D eigenvalue weighted by molar-refractivity contribution is 0.477. The lowest BCUT2D eigenvalue weighted by Crippen LogP contribution is -2.43. The fourth-order valence-corrected chi connectivity index (χ4v) is 3.27. The van der Waals surface area contributed by atoms with Crippen molar-refractivity contribution < 1.29 is 0 Å². The fraction of sp³-hybridized carbons (Fsp3) is 0.667. The number of hydrogen-bond acceptors (Lipinski definition) is 4. The molecule has 2 aromatic heterocycles. The second-order valence-corrected chi connectivity index (χ2v) is 6.41. The van der Waals surface area contributed by atoms with E-state index in [0.717, 1.165) is 25.2 Å². The average Bonchev–Trinajstić information content (AvgIpc) is 3.09. The molecule has 120 valence electrons. The van der Waals surface area contributed by atoms with Gasteiger partial charge in [-0.25, -0.2) is 9.78 Å². The highest BCUT2D eigenvalue weighted by atomic mass is 16.2. The maximum Gasteiger partial charge on any atom is 0.332 e. The molecule has 7 nitrogen and oxygen atoms in total. The molecule has 0 spiro atoms. The van der Waals surface area contributed by atoms with Crippen LogP contribution in [0.5, 0.6) is 0 Å². The van der Waals surface area contributed by atoms with Crippen LogP contribution in [0.3, 0.4) is 0 Å². The zero-order valence-electron chi connectivity index (χ0n) is 13.6. The van der Waals surface area contributed by atoms with Gasteiger partial charge in [-0.3, -0.25) is 13.9 Å². The smallest absolute Gasteiger partial charge is 0.325 e. The van der Waals surface area contributed by atoms with E-state index in [2.05, 4.69) is 10.3 Å². The third-order valence-corrected chi connectivity index (χ3v) is 4.48. The van der Waals surface area contributed by atoms with E-state index in [9.17, 15) is 9.59 Å². The van der Waals surface area contributed by atoms with E-state index in [-0.39, 0.29) is 23.2 Å². The Bertz CT molecular complexity index is 821. The molecule has 1 saturated heterocycles. The van der Waals surface area contributed by atoms with Gasteiger partial charge in [0.1, 0.15) is 5.82 Å². The summed E-state index contributed by atoms with van der Waals surface area (Å²) in [6, 6.07) is 0.195. The lowest BCUT2D eigenvalue weighted by Gasteiger charge is -2.13. The predicted molar refractivity (Wildman–Crippen MR) is 85.3 cm³/mol. The SMILES string of the molecule is CC(C)c1nc2c(c(=O)n(CC3CCCN3)c(=O)n2C)n1C. The number of nitrogens with zero attached hydrogens (tertiary/aromatic N) is 4. The second-order valence-electron chi connectivity index (χ2n) is 6.41. The summed E-state index contributed by atoms with van der Waals surface area (Å²) in [5, 5.41) is 3.33. The molecule has 0 saturated carbocycles. The quantitative estimate of drug-likeness (QED) is 0.885. The summed E-state index contributed by atoms with van der Waals surface area (Å²) in [5.74, 6) is 1.01. The summed E-state index contributed by atoms with van der Waals surface area (Å²) < 4.78 is 4.65. The predicted octanol–water partition coefficient (Wildman–Crippen LogP) is 0.309. The van der Waals surface area contributed by atoms with Gasteiger partial charge in [-0.1, -0.05) is 13.8 Å². The topological polar surface area (TPSA) is 73.8 Å². The van der Waals surface area contributed by atoms with E-state index in [1.54, 1.807) is 7.05 Å². The van der Waals surface area contributed by atoms with Crippen LogP contribution in [0.1, 0.15) is 38.4 Å². The van der Waals surface area contributed by atoms with Gasteiger partial charge in [0.05, 0.1) is 0 Å². The molecule has 1 unspecified atom stereocenters. The summed E-state index contributed by atoms with van der Waals surface area (Å²) >= 11 is 0. The van der Waals surface area contributed by atoms with Crippen LogP contribution in [0.15, 0.2) is 9.59 Å². The van der Waals surface area contributed by atoms with Crippen molar-refractivity contribution in [2.45, 2.75) is 45.2 Å². The molecule has 0 aliphatic carbocycles. The van der Waals surface area contributed by atoms with Crippen LogP contribution >= 0.6 is 0 Å². The van der Waals surface area contributed by atoms with Crippen molar-refractivity contribution in [1.29, 1.82) is 0 Å². The summed E-state index contributed by atoms with van der Waals surface area (Å²) in [4.78, 5) is 29.8. The highest BCUT2D eigenvalue weighted by molar-refractivity contribution is 5.71. The molecule has 3 heterocycles. The Hall–Kier alpha value is -1.89. The Morgan fingerprint density at radius 1 is 1.27 bits per heavy atom. The Morgan fingerprint density at radius 3 is 2.59 bits per heavy atom. The van der Waals surface area contributed by atoms with Gasteiger partial charge in [-0.15, -0.1) is 0 Å². The Morgan fingerprint density at radius 2 is 2.00 bits per heavy atom. The van der Waals surface area contributed by atoms with Crippen LogP contribution in [-0.4, -0.2) is 31.3 Å². The van der Waals surface area contributed by atoms with Gasteiger partial charge < -0.3 is 9.88 Å². The largest absolute Gasteiger partial charge is 0.332 e. The van der Waals surface area contributed by atoms with Crippen LogP contribution in [0.2, 0.25) is 0 Å². The van der Waals surface area contributed by atoms with Crippen molar-refractivity contribution in [3.8, 4) is 0 Å². The fourth-order valence-electron chi connectivity index (χ4n) is 3.27. The number of hydrogen-bond donors (Lipinski definition) is 1. The van der Waals surface area contributed by atoms with Gasteiger partial charge in [-0.2, -0.15) is 0 Å². The molecule has 1 N–H and O–H groups in total. The van der Waals surface area contributed by atoms with Crippen LogP contribution in [-0.2, 0) is 20.6 Å². The van der Waals surface area contributed by atoms with Crippen molar-refractivity contribution in [2.24, 2.45) is 14.1 Å². The summed E-state index contributed by atoms with van der Waals surface area (Å²) in [5.41, 5.74) is 0.439. The Labute approximate surface area is 128 Å². The molecular weight excluding hydrogens is 282 g/mol. The molecule has 0 bridgehead atoms. The van der Waals surface area contributed by atoms with Gasteiger partial charge in [0, 0.05) is 32.6 Å². The van der Waals surface area contributed by atoms with Crippen molar-refractivity contribution in [2.75, 3.05) is 6.54 Å². The lowest BCUT2D eigenvalue weighted by atomic mass is 10.2. The first-order chi connectivity index (χ1) is 10.4. The molecule has 0 amide bonds. The zero-order chi connectivity index (χ0) is 16.0. The van der Waals surface area contributed by atoms with Crippen LogP contribution in [0.4, 0.5) is 0 Å². The van der Waals surface area contributed by atoms with Crippen molar-refractivity contribution in [3.63, 3.8) is 0 Å². The minimum atomic E-state index is -0.292. The Balaban J connectivity index is 2.23. The van der Waals surface area contributed by atoms with Gasteiger partial charge in [0.25, 0.3) is 5.56 Å². The van der Waals surface area contributed by atoms with Crippen LogP contribution < -0.4 is 16.6 Å². The minimum Gasteiger partial charge on any atom is -0.325 e. The number of imidazole rings is 1. The molecule has 1 aliphatic rings. The number of rotatable bonds is 3. The monoisotopic (exact) mass is 305 g/mol. The second kappa shape index (κ2) is 5.39. The Kier molecular flexibility index (Phi) is 3.68. The molecule has 7 heteroatoms. The first kappa shape index (κ1) is 15.0. The maximum absolute atomic E-state index is 12.8. The van der Waals surface area contributed by atoms with Gasteiger partial charge in [0.15, 0.2) is 11.2 Å². The number of nitrogens with one attached hydrogen (secondary N) is 1. The highest BCUT2D eigenvalue weighted by Crippen LogP contribution is 2.17. The van der Waals surface area contributed by atoms with Crippen LogP contribution in [0.25, 0.3) is 11.2 Å². The van der Waals surface area contributed by atoms with Gasteiger partial charge in [-0.05, 0) is 19.4 Å². The first-order valence-corrected chi connectivity index (χ1v) is 7.81. The molecule has 1 fully saturated rings. The van der Waals surface area contributed by atoms with E-state index in [4.69, 9.17) is 0 Å². The minimum absolute atomic E-state index is 0.192. The highest BCUT2D eigenvalue weighted by Gasteiger charge is 2.22. The van der Waals surface area contributed by atoms with E-state index < -0.39 is 0 Å². The third kappa shape index (κ3) is 2.20. The number of aromatic nitrogens is 4.